The first-order valence-corrected chi connectivity index (χ1v) is 16.1. The van der Waals surface area contributed by atoms with Gasteiger partial charge in [0.1, 0.15) is 0 Å². The predicted octanol–water partition coefficient (Wildman–Crippen LogP) is 4.36. The lowest BCUT2D eigenvalue weighted by atomic mass is 10.3. The van der Waals surface area contributed by atoms with E-state index in [1.165, 1.54) is 0 Å². The second kappa shape index (κ2) is 12.3. The zero-order chi connectivity index (χ0) is 21.1. The van der Waals surface area contributed by atoms with Gasteiger partial charge >= 0.3 is 0 Å². The Kier molecular flexibility index (Phi) is 11.8. The quantitative estimate of drug-likeness (QED) is 0.252. The van der Waals surface area contributed by atoms with E-state index in [1.54, 1.807) is 26.0 Å². The van der Waals surface area contributed by atoms with Gasteiger partial charge in [-0.2, -0.15) is 0 Å². The Labute approximate surface area is 168 Å². The molecule has 0 rings (SSSR count). The third-order valence-electron chi connectivity index (χ3n) is 4.11. The Balaban J connectivity index is 4.21. The molecule has 0 aliphatic carbocycles. The summed E-state index contributed by atoms with van der Waals surface area (Å²) in [5, 5.41) is 6.59. The second-order valence-corrected chi connectivity index (χ2v) is 17.4. The van der Waals surface area contributed by atoms with Gasteiger partial charge in [0.2, 0.25) is 0 Å². The summed E-state index contributed by atoms with van der Waals surface area (Å²) in [5.41, 5.74) is 1.86. The van der Waals surface area contributed by atoms with E-state index < -0.39 is 16.6 Å². The number of hydrogen-bond donors (Lipinski definition) is 2. The summed E-state index contributed by atoms with van der Waals surface area (Å²) in [6.07, 6.45) is 5.39. The lowest BCUT2D eigenvalue weighted by molar-refractivity contribution is -0.113. The summed E-state index contributed by atoms with van der Waals surface area (Å²) in [7, 11) is -3.38. The van der Waals surface area contributed by atoms with E-state index >= 15 is 0 Å². The molecule has 0 atom stereocenters. The second-order valence-electron chi connectivity index (χ2n) is 8.56. The van der Waals surface area contributed by atoms with Crippen LogP contribution < -0.4 is 10.6 Å². The van der Waals surface area contributed by atoms with Gasteiger partial charge in [-0.25, -0.2) is 0 Å². The van der Waals surface area contributed by atoms with Crippen molar-refractivity contribution in [3.63, 3.8) is 0 Å². The molecule has 0 saturated carbocycles. The maximum Gasteiger partial charge on any atom is 0.173 e. The van der Waals surface area contributed by atoms with Gasteiger partial charge in [0, 0.05) is 24.5 Å². The molecular weight excluding hydrogens is 372 g/mol. The summed E-state index contributed by atoms with van der Waals surface area (Å²) in [6.45, 7) is 18.0. The van der Waals surface area contributed by atoms with Gasteiger partial charge in [-0.3, -0.25) is 9.59 Å². The number of allylic oxidation sites excluding steroid dienone is 4. The van der Waals surface area contributed by atoms with Crippen molar-refractivity contribution in [3.8, 4) is 0 Å². The highest BCUT2D eigenvalue weighted by molar-refractivity contribution is 6.84. The lowest BCUT2D eigenvalue weighted by Gasteiger charge is -2.34. The van der Waals surface area contributed by atoms with E-state index in [9.17, 15) is 9.59 Å². The molecule has 0 radical (unpaired) electrons. The summed E-state index contributed by atoms with van der Waals surface area (Å²) < 4.78 is 6.65. The van der Waals surface area contributed by atoms with Gasteiger partial charge in [0.05, 0.1) is 0 Å². The Morgan fingerprint density at radius 1 is 0.741 bits per heavy atom. The van der Waals surface area contributed by atoms with Crippen LogP contribution in [0.5, 0.6) is 0 Å². The van der Waals surface area contributed by atoms with Gasteiger partial charge in [0.25, 0.3) is 0 Å². The average molecular weight is 413 g/mol. The molecule has 0 bridgehead atoms. The molecule has 5 nitrogen and oxygen atoms in total. The van der Waals surface area contributed by atoms with Gasteiger partial charge in [-0.15, -0.1) is 0 Å². The molecule has 0 aromatic rings. The maximum atomic E-state index is 11.0. The molecular formula is C20H40N2O3Si2. The van der Waals surface area contributed by atoms with Crippen molar-refractivity contribution in [2.24, 2.45) is 0 Å². The van der Waals surface area contributed by atoms with Crippen LogP contribution in [-0.4, -0.2) is 41.3 Å². The molecule has 0 heterocycles. The van der Waals surface area contributed by atoms with Crippen LogP contribution in [0.1, 0.15) is 40.5 Å². The molecule has 0 unspecified atom stereocenters. The molecule has 0 aliphatic heterocycles. The number of rotatable bonds is 14. The maximum absolute atomic E-state index is 11.0. The van der Waals surface area contributed by atoms with E-state index in [1.807, 2.05) is 13.8 Å². The van der Waals surface area contributed by atoms with Crippen molar-refractivity contribution in [3.05, 3.63) is 23.5 Å². The summed E-state index contributed by atoms with van der Waals surface area (Å²) in [5.74, 6) is 0.152. The van der Waals surface area contributed by atoms with Crippen LogP contribution in [0, 0.1) is 0 Å². The molecule has 7 heteroatoms. The number of nitrogens with one attached hydrogen (secondary N) is 2. The van der Waals surface area contributed by atoms with Crippen LogP contribution >= 0.6 is 0 Å². The fourth-order valence-electron chi connectivity index (χ4n) is 3.16. The zero-order valence-corrected chi connectivity index (χ0v) is 20.6. The minimum Gasteiger partial charge on any atom is -0.455 e. The van der Waals surface area contributed by atoms with Crippen molar-refractivity contribution < 1.29 is 13.7 Å². The number of carbonyl (C=O) groups is 2. The third-order valence-corrected chi connectivity index (χ3v) is 11.6. The SMILES string of the molecule is CC(=O)/C=C(\C)NCCC[Si](C)(C)O[Si](C)(C)CCCN/C(C)=C/C(C)=O. The fraction of sp³-hybridized carbons (Fsp3) is 0.700. The van der Waals surface area contributed by atoms with Gasteiger partial charge in [-0.05, 0) is 91.0 Å². The molecule has 27 heavy (non-hydrogen) atoms. The Hall–Kier alpha value is -1.19. The van der Waals surface area contributed by atoms with Crippen molar-refractivity contribution in [1.82, 2.24) is 10.6 Å². The number of ketones is 2. The molecule has 0 saturated heterocycles. The van der Waals surface area contributed by atoms with Gasteiger partial charge < -0.3 is 14.7 Å². The lowest BCUT2D eigenvalue weighted by Crippen LogP contribution is -2.44. The first-order chi connectivity index (χ1) is 12.3. The van der Waals surface area contributed by atoms with E-state index in [0.717, 1.165) is 49.4 Å². The van der Waals surface area contributed by atoms with Crippen LogP contribution in [0.25, 0.3) is 0 Å². The van der Waals surface area contributed by atoms with Gasteiger partial charge in [0.15, 0.2) is 28.2 Å². The third kappa shape index (κ3) is 15.6. The molecule has 2 N–H and O–H groups in total. The summed E-state index contributed by atoms with van der Waals surface area (Å²) in [6, 6.07) is 2.23. The van der Waals surface area contributed by atoms with Crippen molar-refractivity contribution in [2.45, 2.75) is 78.8 Å². The Bertz CT molecular complexity index is 507. The zero-order valence-electron chi connectivity index (χ0n) is 18.6. The highest BCUT2D eigenvalue weighted by atomic mass is 28.4. The first kappa shape index (κ1) is 25.8. The molecule has 156 valence electrons. The van der Waals surface area contributed by atoms with Crippen LogP contribution in [0.4, 0.5) is 0 Å². The topological polar surface area (TPSA) is 67.4 Å². The molecule has 0 aromatic heterocycles. The Morgan fingerprint density at radius 2 is 1.07 bits per heavy atom. The monoisotopic (exact) mass is 412 g/mol. The van der Waals surface area contributed by atoms with E-state index in [4.69, 9.17) is 4.12 Å². The van der Waals surface area contributed by atoms with Crippen LogP contribution in [0.3, 0.4) is 0 Å². The summed E-state index contributed by atoms with van der Waals surface area (Å²) >= 11 is 0. The van der Waals surface area contributed by atoms with Crippen molar-refractivity contribution in [2.75, 3.05) is 13.1 Å². The Morgan fingerprint density at radius 3 is 1.37 bits per heavy atom. The molecule has 0 amide bonds. The van der Waals surface area contributed by atoms with E-state index in [-0.39, 0.29) is 11.6 Å². The van der Waals surface area contributed by atoms with E-state index in [2.05, 4.69) is 36.8 Å². The van der Waals surface area contributed by atoms with Crippen LogP contribution in [0.15, 0.2) is 23.5 Å². The smallest absolute Gasteiger partial charge is 0.173 e. The minimum absolute atomic E-state index is 0.0762. The molecule has 0 aromatic carbocycles. The van der Waals surface area contributed by atoms with Crippen molar-refractivity contribution in [1.29, 1.82) is 0 Å². The largest absolute Gasteiger partial charge is 0.455 e. The van der Waals surface area contributed by atoms with Crippen molar-refractivity contribution >= 4 is 28.2 Å². The number of carbonyl (C=O) groups excluding carboxylic acids is 2. The minimum atomic E-state index is -1.69. The average Bonchev–Trinajstić information content (AvgIpc) is 2.45. The predicted molar refractivity (Wildman–Crippen MR) is 120 cm³/mol. The molecule has 0 aliphatic rings. The normalized spacial score (nSPS) is 13.5. The first-order valence-electron chi connectivity index (χ1n) is 9.89. The fourth-order valence-corrected chi connectivity index (χ4v) is 12.0. The molecule has 0 fully saturated rings. The van der Waals surface area contributed by atoms with Crippen LogP contribution in [-0.2, 0) is 13.7 Å². The van der Waals surface area contributed by atoms with Gasteiger partial charge in [-0.1, -0.05) is 0 Å². The molecule has 0 spiro atoms. The van der Waals surface area contributed by atoms with E-state index in [0.29, 0.717) is 0 Å². The highest BCUT2D eigenvalue weighted by Crippen LogP contribution is 2.23. The highest BCUT2D eigenvalue weighted by Gasteiger charge is 2.32. The standard InChI is InChI=1S/C20H40N2O3Si2/c1-17(15-19(3)23)21-11-9-13-26(5,6)25-27(7,8)14-10-12-22-18(2)16-20(4)24/h15-16,21-22H,9-14H2,1-8H3/b17-15+,18-16+. The van der Waals surface area contributed by atoms with Crippen LogP contribution in [0.2, 0.25) is 38.3 Å². The summed E-state index contributed by atoms with van der Waals surface area (Å²) in [4.78, 5) is 22.1. The number of hydrogen-bond acceptors (Lipinski definition) is 5.